The van der Waals surface area contributed by atoms with Gasteiger partial charge >= 0.3 is 42.9 Å². The second-order valence-electron chi connectivity index (χ2n) is 7.50. The summed E-state index contributed by atoms with van der Waals surface area (Å²) < 4.78 is 126. The first-order valence-corrected chi connectivity index (χ1v) is 12.5. The molecule has 0 saturated carbocycles. The molecule has 0 aromatic heterocycles. The molecule has 36 heavy (non-hydrogen) atoms. The number of aryl methyl sites for hydroxylation is 2. The van der Waals surface area contributed by atoms with E-state index in [1.165, 1.54) is 24.3 Å². The Morgan fingerprint density at radius 2 is 0.861 bits per heavy atom. The minimum atomic E-state index is -6.62. The van der Waals surface area contributed by atoms with Crippen molar-refractivity contribution < 1.29 is 52.8 Å². The Labute approximate surface area is 202 Å². The van der Waals surface area contributed by atoms with Gasteiger partial charge in [-0.05, 0) is 25.0 Å². The predicted molar refractivity (Wildman–Crippen MR) is 113 cm³/mol. The lowest BCUT2D eigenvalue weighted by Crippen LogP contribution is -2.53. The number of nitrogens with zero attached hydrogens (tertiary/aromatic N) is 2. The second kappa shape index (κ2) is 10.1. The molecule has 2 amide bonds. The zero-order chi connectivity index (χ0) is 27.7. The number of amides is 2. The van der Waals surface area contributed by atoms with Crippen LogP contribution in [0.5, 0.6) is 0 Å². The third-order valence-electron chi connectivity index (χ3n) is 4.69. The van der Waals surface area contributed by atoms with Gasteiger partial charge in [-0.3, -0.25) is 9.59 Å². The van der Waals surface area contributed by atoms with Crippen LogP contribution in [0.15, 0.2) is 48.5 Å². The Morgan fingerprint density at radius 3 is 1.08 bits per heavy atom. The summed E-state index contributed by atoms with van der Waals surface area (Å²) in [6, 6.07) is 9.78. The quantitative estimate of drug-likeness (QED) is 0.396. The molecule has 0 bridgehead atoms. The highest BCUT2D eigenvalue weighted by molar-refractivity contribution is 7.91. The van der Waals surface area contributed by atoms with Crippen LogP contribution in [0.2, 0.25) is 0 Å². The molecule has 16 heteroatoms. The zero-order valence-electron chi connectivity index (χ0n) is 18.5. The molecule has 0 fully saturated rings. The average Bonchev–Trinajstić information content (AvgIpc) is 2.75. The molecule has 2 aromatic rings. The maximum absolute atomic E-state index is 13.3. The molecule has 0 aliphatic carbocycles. The van der Waals surface area contributed by atoms with E-state index in [0.29, 0.717) is 11.1 Å². The Morgan fingerprint density at radius 1 is 0.611 bits per heavy atom. The Balaban J connectivity index is 2.61. The van der Waals surface area contributed by atoms with Crippen LogP contribution in [0.4, 0.5) is 26.3 Å². The number of carbonyl (C=O) groups is 2. The molecular formula is C20H18F6N2O6S2. The van der Waals surface area contributed by atoms with Gasteiger partial charge in [-0.2, -0.15) is 43.2 Å². The molecule has 0 saturated heterocycles. The van der Waals surface area contributed by atoms with E-state index in [4.69, 9.17) is 0 Å². The van der Waals surface area contributed by atoms with Crippen LogP contribution < -0.4 is 0 Å². The molecule has 0 radical (unpaired) electrons. The van der Waals surface area contributed by atoms with E-state index in [2.05, 4.69) is 0 Å². The summed E-state index contributed by atoms with van der Waals surface area (Å²) in [5.74, 6) is -5.29. The number of benzene rings is 2. The van der Waals surface area contributed by atoms with Crippen LogP contribution >= 0.6 is 0 Å². The van der Waals surface area contributed by atoms with Crippen molar-refractivity contribution in [2.24, 2.45) is 0 Å². The van der Waals surface area contributed by atoms with Gasteiger partial charge in [0.1, 0.15) is 0 Å². The highest BCUT2D eigenvalue weighted by atomic mass is 32.2. The van der Waals surface area contributed by atoms with Gasteiger partial charge in [-0.25, -0.2) is 8.61 Å². The van der Waals surface area contributed by atoms with Crippen LogP contribution in [0.3, 0.4) is 0 Å². The van der Waals surface area contributed by atoms with Crippen molar-refractivity contribution in [3.05, 3.63) is 70.8 Å². The summed E-state index contributed by atoms with van der Waals surface area (Å²) >= 11 is 0. The van der Waals surface area contributed by atoms with Crippen molar-refractivity contribution >= 4 is 31.9 Å². The number of hydrogen-bond donors (Lipinski definition) is 0. The number of sulfonamides is 2. The average molecular weight is 560 g/mol. The fourth-order valence-corrected chi connectivity index (χ4v) is 4.44. The van der Waals surface area contributed by atoms with Gasteiger partial charge in [0.25, 0.3) is 0 Å². The van der Waals surface area contributed by atoms with Crippen molar-refractivity contribution in [1.29, 1.82) is 0 Å². The van der Waals surface area contributed by atoms with Gasteiger partial charge in [-0.15, -0.1) is 0 Å². The molecule has 2 rings (SSSR count). The minimum Gasteiger partial charge on any atom is -0.262 e. The van der Waals surface area contributed by atoms with E-state index in [0.717, 1.165) is 24.3 Å². The van der Waals surface area contributed by atoms with Crippen molar-refractivity contribution in [2.45, 2.75) is 38.0 Å². The zero-order valence-corrected chi connectivity index (χ0v) is 20.1. The fraction of sp³-hybridized carbons (Fsp3) is 0.300. The SMILES string of the molecule is Cc1ccc(CN(C(=O)C(=O)N(Cc2ccc(C)cc2)S(=O)(=O)C(F)(F)F)S(=O)(=O)C(F)(F)F)cc1. The largest absolute Gasteiger partial charge is 0.516 e. The monoisotopic (exact) mass is 560 g/mol. The molecule has 0 spiro atoms. The number of alkyl halides is 6. The predicted octanol–water partition coefficient (Wildman–Crippen LogP) is 3.36. The molecule has 0 aliphatic heterocycles. The topological polar surface area (TPSA) is 109 Å². The number of rotatable bonds is 6. The second-order valence-corrected chi connectivity index (χ2v) is 11.2. The lowest BCUT2D eigenvalue weighted by atomic mass is 10.1. The van der Waals surface area contributed by atoms with Gasteiger partial charge < -0.3 is 0 Å². The molecule has 0 N–H and O–H groups in total. The summed E-state index contributed by atoms with van der Waals surface area (Å²) in [4.78, 5) is 25.4. The molecule has 0 unspecified atom stereocenters. The first-order chi connectivity index (χ1) is 16.3. The third kappa shape index (κ3) is 6.16. The minimum absolute atomic E-state index is 0.238. The molecular weight excluding hydrogens is 542 g/mol. The van der Waals surface area contributed by atoms with E-state index in [1.54, 1.807) is 13.8 Å². The summed E-state index contributed by atoms with van der Waals surface area (Å²) in [6.45, 7) is 0.343. The third-order valence-corrected chi connectivity index (χ3v) is 7.62. The van der Waals surface area contributed by atoms with E-state index in [-0.39, 0.29) is 11.1 Å². The highest BCUT2D eigenvalue weighted by Crippen LogP contribution is 2.31. The molecule has 0 heterocycles. The van der Waals surface area contributed by atoms with Crippen LogP contribution in [-0.2, 0) is 42.7 Å². The Hall–Kier alpha value is -3.14. The Bertz CT molecular complexity index is 1230. The van der Waals surface area contributed by atoms with Crippen LogP contribution in [0.1, 0.15) is 22.3 Å². The normalized spacial score (nSPS) is 12.8. The first-order valence-electron chi connectivity index (χ1n) is 9.66. The smallest absolute Gasteiger partial charge is 0.262 e. The number of hydrogen-bond acceptors (Lipinski definition) is 6. The molecule has 198 valence electrons. The summed E-state index contributed by atoms with van der Waals surface area (Å²) in [7, 11) is -13.2. The van der Waals surface area contributed by atoms with E-state index in [1.807, 2.05) is 0 Å². The lowest BCUT2D eigenvalue weighted by Gasteiger charge is -2.27. The number of halogens is 6. The van der Waals surface area contributed by atoms with Crippen molar-refractivity contribution in [2.75, 3.05) is 0 Å². The molecule has 0 aliphatic rings. The van der Waals surface area contributed by atoms with Gasteiger partial charge in [0.2, 0.25) is 0 Å². The Kier molecular flexibility index (Phi) is 8.15. The van der Waals surface area contributed by atoms with Crippen LogP contribution in [-0.4, -0.2) is 48.3 Å². The van der Waals surface area contributed by atoms with Gasteiger partial charge in [0, 0.05) is 0 Å². The molecule has 0 atom stereocenters. The van der Waals surface area contributed by atoms with Gasteiger partial charge in [0.05, 0.1) is 13.1 Å². The maximum atomic E-state index is 13.3. The summed E-state index contributed by atoms with van der Waals surface area (Å²) in [5, 5.41) is 0. The van der Waals surface area contributed by atoms with Crippen molar-refractivity contribution in [3.8, 4) is 0 Å². The number of carbonyl (C=O) groups excluding carboxylic acids is 2. The summed E-state index contributed by atoms with van der Waals surface area (Å²) in [6.07, 6.45) is 0. The molecule has 8 nitrogen and oxygen atoms in total. The summed E-state index contributed by atoms with van der Waals surface area (Å²) in [5.41, 5.74) is -11.6. The van der Waals surface area contributed by atoms with Crippen LogP contribution in [0, 0.1) is 13.8 Å². The van der Waals surface area contributed by atoms with E-state index in [9.17, 15) is 52.8 Å². The lowest BCUT2D eigenvalue weighted by molar-refractivity contribution is -0.147. The van der Waals surface area contributed by atoms with Gasteiger partial charge in [0.15, 0.2) is 0 Å². The standard InChI is InChI=1S/C20H18F6N2O6S2/c1-13-3-7-15(8-4-13)11-27(35(31,32)19(21,22)23)17(29)18(30)28(36(33,34)20(24,25)26)12-16-9-5-14(2)6-10-16/h3-10H,11-12H2,1-2H3. The fourth-order valence-electron chi connectivity index (χ4n) is 2.71. The van der Waals surface area contributed by atoms with E-state index >= 15 is 0 Å². The molecule has 2 aromatic carbocycles. The first kappa shape index (κ1) is 29.1. The van der Waals surface area contributed by atoms with Crippen molar-refractivity contribution in [1.82, 2.24) is 8.61 Å². The maximum Gasteiger partial charge on any atom is 0.516 e. The van der Waals surface area contributed by atoms with Crippen molar-refractivity contribution in [3.63, 3.8) is 0 Å². The van der Waals surface area contributed by atoms with Gasteiger partial charge in [-0.1, -0.05) is 59.7 Å². The van der Waals surface area contributed by atoms with E-state index < -0.39 is 64.6 Å². The van der Waals surface area contributed by atoms with Crippen LogP contribution in [0.25, 0.3) is 0 Å². The highest BCUT2D eigenvalue weighted by Gasteiger charge is 2.57.